The number of hydrogen-bond acceptors (Lipinski definition) is 6. The third kappa shape index (κ3) is 5.67. The van der Waals surface area contributed by atoms with Crippen LogP contribution in [-0.2, 0) is 4.74 Å². The zero-order valence-electron chi connectivity index (χ0n) is 29.1. The van der Waals surface area contributed by atoms with Crippen LogP contribution < -0.4 is 5.32 Å². The molecule has 256 valence electrons. The molecular formula is C48H32N4O2. The van der Waals surface area contributed by atoms with Crippen LogP contribution in [0.5, 0.6) is 0 Å². The molecule has 0 saturated heterocycles. The van der Waals surface area contributed by atoms with Gasteiger partial charge in [0.05, 0.1) is 17.6 Å². The van der Waals surface area contributed by atoms with Crippen LogP contribution in [0.25, 0.3) is 89.0 Å². The lowest BCUT2D eigenvalue weighted by atomic mass is 9.86. The topological polar surface area (TPSA) is 73.1 Å². The Morgan fingerprint density at radius 2 is 1.06 bits per heavy atom. The molecule has 0 saturated carbocycles. The highest BCUT2D eigenvalue weighted by molar-refractivity contribution is 6.21. The molecular weight excluding hydrogens is 665 g/mol. The van der Waals surface area contributed by atoms with Crippen LogP contribution >= 0.6 is 0 Å². The maximum atomic E-state index is 5.82. The average Bonchev–Trinajstić information content (AvgIpc) is 4.00. The summed E-state index contributed by atoms with van der Waals surface area (Å²) in [6, 6.07) is 55.5. The van der Waals surface area contributed by atoms with Crippen molar-refractivity contribution in [2.45, 2.75) is 6.23 Å². The number of rotatable bonds is 7. The Balaban J connectivity index is 1.25. The molecule has 0 fully saturated rings. The first-order valence-electron chi connectivity index (χ1n) is 17.9. The van der Waals surface area contributed by atoms with Gasteiger partial charge in [0.1, 0.15) is 23.9 Å². The summed E-state index contributed by atoms with van der Waals surface area (Å²) < 4.78 is 11.5. The first-order valence-corrected chi connectivity index (χ1v) is 17.9. The molecule has 6 aromatic carbocycles. The molecule has 0 spiro atoms. The number of fused-ring (bicyclic) bond motifs is 2. The number of nitrogens with zero attached hydrogens (tertiary/aromatic N) is 3. The molecule has 6 nitrogen and oxygen atoms in total. The van der Waals surface area contributed by atoms with Crippen LogP contribution in [0.2, 0.25) is 0 Å². The number of ether oxygens (including phenoxy) is 1. The second kappa shape index (κ2) is 13.3. The molecule has 9 aromatic rings. The van der Waals surface area contributed by atoms with E-state index < -0.39 is 0 Å². The highest BCUT2D eigenvalue weighted by atomic mass is 16.5. The van der Waals surface area contributed by atoms with Gasteiger partial charge in [-0.3, -0.25) is 0 Å². The minimum atomic E-state index is -0.350. The van der Waals surface area contributed by atoms with Crippen LogP contribution in [0.1, 0.15) is 11.9 Å². The van der Waals surface area contributed by atoms with Gasteiger partial charge in [-0.1, -0.05) is 109 Å². The van der Waals surface area contributed by atoms with Gasteiger partial charge in [-0.05, 0) is 103 Å². The molecule has 0 amide bonds. The number of benzene rings is 6. The second-order valence-corrected chi connectivity index (χ2v) is 13.3. The first-order chi connectivity index (χ1) is 26.8. The van der Waals surface area contributed by atoms with Gasteiger partial charge in [0, 0.05) is 17.3 Å². The largest absolute Gasteiger partial charge is 0.471 e. The molecule has 0 aliphatic carbocycles. The highest BCUT2D eigenvalue weighted by Crippen LogP contribution is 2.45. The third-order valence-corrected chi connectivity index (χ3v) is 9.99. The Kier molecular flexibility index (Phi) is 7.77. The Morgan fingerprint density at radius 3 is 1.70 bits per heavy atom. The summed E-state index contributed by atoms with van der Waals surface area (Å²) in [6.45, 7) is 0. The summed E-state index contributed by atoms with van der Waals surface area (Å²) in [7, 11) is 0. The molecule has 1 aliphatic heterocycles. The summed E-state index contributed by atoms with van der Waals surface area (Å²) in [5, 5.41) is 7.54. The van der Waals surface area contributed by atoms with Gasteiger partial charge >= 0.3 is 0 Å². The molecule has 54 heavy (non-hydrogen) atoms. The van der Waals surface area contributed by atoms with Crippen molar-refractivity contribution in [3.63, 3.8) is 0 Å². The molecule has 10 rings (SSSR count). The Morgan fingerprint density at radius 1 is 0.463 bits per heavy atom. The van der Waals surface area contributed by atoms with Crippen molar-refractivity contribution >= 4 is 21.5 Å². The number of hydrogen-bond donors (Lipinski definition) is 1. The van der Waals surface area contributed by atoms with Gasteiger partial charge < -0.3 is 14.5 Å². The molecule has 4 heterocycles. The predicted molar refractivity (Wildman–Crippen MR) is 216 cm³/mol. The second-order valence-electron chi connectivity index (χ2n) is 13.3. The summed E-state index contributed by atoms with van der Waals surface area (Å²) in [6.07, 6.45) is 6.33. The number of pyridine rings is 2. The van der Waals surface area contributed by atoms with Crippen LogP contribution in [0, 0.1) is 0 Å². The van der Waals surface area contributed by atoms with Crippen LogP contribution in [0.3, 0.4) is 0 Å². The number of aromatic nitrogens is 3. The van der Waals surface area contributed by atoms with Crippen molar-refractivity contribution in [1.29, 1.82) is 0 Å². The molecule has 1 unspecified atom stereocenters. The van der Waals surface area contributed by atoms with Crippen LogP contribution in [0.4, 0.5) is 0 Å². The van der Waals surface area contributed by atoms with E-state index in [2.05, 4.69) is 150 Å². The van der Waals surface area contributed by atoms with E-state index in [0.717, 1.165) is 72.0 Å². The number of oxazole rings is 1. The molecule has 6 heteroatoms. The average molecular weight is 697 g/mol. The monoisotopic (exact) mass is 696 g/mol. The quantitative estimate of drug-likeness (QED) is 0.167. The van der Waals surface area contributed by atoms with Crippen LogP contribution in [-0.4, -0.2) is 15.0 Å². The molecule has 3 aromatic heterocycles. The lowest BCUT2D eigenvalue weighted by Gasteiger charge is -2.19. The zero-order valence-corrected chi connectivity index (χ0v) is 29.1. The summed E-state index contributed by atoms with van der Waals surface area (Å²) >= 11 is 0. The third-order valence-electron chi connectivity index (χ3n) is 9.99. The zero-order chi connectivity index (χ0) is 35.8. The van der Waals surface area contributed by atoms with Gasteiger partial charge in [-0.15, -0.1) is 0 Å². The molecule has 0 bridgehead atoms. The normalized spacial score (nSPS) is 13.6. The fourth-order valence-electron chi connectivity index (χ4n) is 7.52. The minimum absolute atomic E-state index is 0.350. The lowest BCUT2D eigenvalue weighted by molar-refractivity contribution is 0.150. The smallest absolute Gasteiger partial charge is 0.245 e. The van der Waals surface area contributed by atoms with Crippen molar-refractivity contribution < 1.29 is 9.15 Å². The Bertz CT molecular complexity index is 2770. The maximum absolute atomic E-state index is 5.82. The minimum Gasteiger partial charge on any atom is -0.471 e. The molecule has 0 radical (unpaired) electrons. The maximum Gasteiger partial charge on any atom is 0.245 e. The van der Waals surface area contributed by atoms with E-state index in [4.69, 9.17) is 19.1 Å². The van der Waals surface area contributed by atoms with E-state index >= 15 is 0 Å². The Labute approximate surface area is 312 Å². The van der Waals surface area contributed by atoms with Gasteiger partial charge in [0.15, 0.2) is 0 Å². The van der Waals surface area contributed by atoms with Crippen LogP contribution in [0.15, 0.2) is 187 Å². The SMILES string of the molecule is C1=COC(c2cccc(-c3c4ccccc4c(-c4cccc(-c5ncco5)n4)c4ccc(-c5cc(-c6ccccc6)cc(-c6ccccc6)c5)cc34)n2)N1. The van der Waals surface area contributed by atoms with Crippen molar-refractivity contribution in [3.05, 3.63) is 188 Å². The molecule has 1 atom stereocenters. The van der Waals surface area contributed by atoms with Crippen molar-refractivity contribution in [1.82, 2.24) is 20.3 Å². The molecule has 1 N–H and O–H groups in total. The van der Waals surface area contributed by atoms with Gasteiger partial charge in [0.25, 0.3) is 0 Å². The first kappa shape index (κ1) is 31.4. The summed E-state index contributed by atoms with van der Waals surface area (Å²) in [5.74, 6) is 0.482. The van der Waals surface area contributed by atoms with E-state index in [0.29, 0.717) is 11.6 Å². The summed E-state index contributed by atoms with van der Waals surface area (Å²) in [5.41, 5.74) is 12.1. The predicted octanol–water partition coefficient (Wildman–Crippen LogP) is 11.9. The number of nitrogens with one attached hydrogen (secondary N) is 1. The van der Waals surface area contributed by atoms with E-state index in [9.17, 15) is 0 Å². The lowest BCUT2D eigenvalue weighted by Crippen LogP contribution is -2.13. The van der Waals surface area contributed by atoms with E-state index in [1.165, 1.54) is 11.1 Å². The van der Waals surface area contributed by atoms with E-state index in [1.54, 1.807) is 24.9 Å². The Hall–Kier alpha value is -7.31. The summed E-state index contributed by atoms with van der Waals surface area (Å²) in [4.78, 5) is 14.7. The van der Waals surface area contributed by atoms with Crippen molar-refractivity contribution in [2.24, 2.45) is 0 Å². The standard InChI is InChI=1S/C48H32N4O2/c1-3-11-31(12-4-1)34-27-35(32-13-5-2-6-14-32)29-36(28-34)33-21-22-39-40(30-33)46(42-18-10-20-44(52-42)48-50-24-26-54-48)38-16-8-7-15-37(38)45(39)41-17-9-19-43(51-41)47-49-23-25-53-47/h1-30,48,50H. The molecule has 1 aliphatic rings. The van der Waals surface area contributed by atoms with E-state index in [-0.39, 0.29) is 6.23 Å². The fraction of sp³-hybridized carbons (Fsp3) is 0.0208. The highest BCUT2D eigenvalue weighted by Gasteiger charge is 2.22. The van der Waals surface area contributed by atoms with Gasteiger partial charge in [-0.25, -0.2) is 15.0 Å². The fourth-order valence-corrected chi connectivity index (χ4v) is 7.52. The van der Waals surface area contributed by atoms with Crippen molar-refractivity contribution in [3.8, 4) is 67.5 Å². The van der Waals surface area contributed by atoms with Gasteiger partial charge in [0.2, 0.25) is 12.1 Å². The van der Waals surface area contributed by atoms with E-state index in [1.807, 2.05) is 18.2 Å². The van der Waals surface area contributed by atoms with Crippen molar-refractivity contribution in [2.75, 3.05) is 0 Å². The van der Waals surface area contributed by atoms with Gasteiger partial charge in [-0.2, -0.15) is 0 Å².